The Labute approximate surface area is 141 Å². The zero-order valence-electron chi connectivity index (χ0n) is 14.2. The molecule has 3 atom stereocenters. The van der Waals surface area contributed by atoms with Gasteiger partial charge >= 0.3 is 0 Å². The fraction of sp³-hybridized carbons (Fsp3) is 0.556. The lowest BCUT2D eigenvalue weighted by atomic mass is 10.1. The molecule has 24 heavy (non-hydrogen) atoms. The van der Waals surface area contributed by atoms with Crippen molar-refractivity contribution in [1.82, 2.24) is 19.9 Å². The second-order valence-electron chi connectivity index (χ2n) is 7.09. The number of likely N-dealkylation sites (N-methyl/N-ethyl adjacent to an activating group) is 1. The first-order chi connectivity index (χ1) is 11.6. The van der Waals surface area contributed by atoms with E-state index in [4.69, 9.17) is 4.52 Å². The topological polar surface area (TPSA) is 45.4 Å². The Morgan fingerprint density at radius 2 is 2.04 bits per heavy atom. The third-order valence-corrected chi connectivity index (χ3v) is 5.27. The van der Waals surface area contributed by atoms with Crippen molar-refractivity contribution in [3.05, 3.63) is 47.4 Å². The Kier molecular flexibility index (Phi) is 4.10. The maximum atomic E-state index is 13.1. The van der Waals surface area contributed by atoms with Crippen LogP contribution in [0.5, 0.6) is 0 Å². The minimum Gasteiger partial charge on any atom is -0.338 e. The lowest BCUT2D eigenvalue weighted by Gasteiger charge is -2.37. The molecule has 5 nitrogen and oxygen atoms in total. The molecule has 1 aromatic heterocycles. The van der Waals surface area contributed by atoms with Crippen LogP contribution in [0.3, 0.4) is 0 Å². The average molecular weight is 330 g/mol. The molecular formula is C18H23FN4O. The van der Waals surface area contributed by atoms with Gasteiger partial charge in [-0.15, -0.1) is 0 Å². The Balaban J connectivity index is 1.37. The van der Waals surface area contributed by atoms with Crippen LogP contribution in [0.15, 0.2) is 28.8 Å². The summed E-state index contributed by atoms with van der Waals surface area (Å²) in [4.78, 5) is 9.19. The normalized spacial score (nSPS) is 28.2. The average Bonchev–Trinajstić information content (AvgIpc) is 3.20. The van der Waals surface area contributed by atoms with Crippen molar-refractivity contribution >= 4 is 0 Å². The molecule has 0 bridgehead atoms. The molecule has 128 valence electrons. The molecule has 0 radical (unpaired) electrons. The lowest BCUT2D eigenvalue weighted by molar-refractivity contribution is 0.0728. The van der Waals surface area contributed by atoms with Gasteiger partial charge in [0.2, 0.25) is 5.89 Å². The summed E-state index contributed by atoms with van der Waals surface area (Å²) in [6.45, 7) is 5.92. The predicted molar refractivity (Wildman–Crippen MR) is 88.1 cm³/mol. The quantitative estimate of drug-likeness (QED) is 0.862. The van der Waals surface area contributed by atoms with E-state index in [1.54, 1.807) is 12.1 Å². The van der Waals surface area contributed by atoms with E-state index in [9.17, 15) is 4.39 Å². The monoisotopic (exact) mass is 330 g/mol. The lowest BCUT2D eigenvalue weighted by Crippen LogP contribution is -2.47. The van der Waals surface area contributed by atoms with Crippen molar-refractivity contribution < 1.29 is 8.91 Å². The van der Waals surface area contributed by atoms with E-state index < -0.39 is 0 Å². The van der Waals surface area contributed by atoms with Crippen LogP contribution in [0, 0.1) is 18.7 Å². The van der Waals surface area contributed by atoms with E-state index in [0.717, 1.165) is 26.2 Å². The highest BCUT2D eigenvalue weighted by atomic mass is 19.1. The van der Waals surface area contributed by atoms with E-state index >= 15 is 0 Å². The SMILES string of the molecule is Cc1noc([C@@H]2CN(C[C@@H]3C[C@H]3c3ccc(F)cc3)CCN2C)n1. The Bertz CT molecular complexity index is 701. The number of halogens is 1. The van der Waals surface area contributed by atoms with Crippen molar-refractivity contribution in [3.8, 4) is 0 Å². The number of aryl methyl sites for hydroxylation is 1. The molecule has 4 rings (SSSR count). The highest BCUT2D eigenvalue weighted by Crippen LogP contribution is 2.48. The molecule has 1 saturated heterocycles. The van der Waals surface area contributed by atoms with Gasteiger partial charge < -0.3 is 4.52 Å². The summed E-state index contributed by atoms with van der Waals surface area (Å²) in [5.74, 6) is 2.49. The maximum Gasteiger partial charge on any atom is 0.245 e. The standard InChI is InChI=1S/C18H23FN4O/c1-12-20-18(24-21-12)17-11-23(8-7-22(17)2)10-14-9-16(14)13-3-5-15(19)6-4-13/h3-6,14,16-17H,7-11H2,1-2H3/t14-,16-,17-/m0/s1. The Hall–Kier alpha value is -1.79. The molecule has 2 fully saturated rings. The van der Waals surface area contributed by atoms with Crippen LogP contribution >= 0.6 is 0 Å². The number of rotatable bonds is 4. The van der Waals surface area contributed by atoms with Crippen LogP contribution in [0.1, 0.15) is 35.7 Å². The first-order valence-corrected chi connectivity index (χ1v) is 8.58. The van der Waals surface area contributed by atoms with Gasteiger partial charge in [0.25, 0.3) is 0 Å². The Morgan fingerprint density at radius 1 is 1.25 bits per heavy atom. The second kappa shape index (κ2) is 6.26. The van der Waals surface area contributed by atoms with Crippen molar-refractivity contribution in [2.75, 3.05) is 33.2 Å². The predicted octanol–water partition coefficient (Wildman–Crippen LogP) is 2.61. The molecule has 0 N–H and O–H groups in total. The second-order valence-corrected chi connectivity index (χ2v) is 7.09. The fourth-order valence-electron chi connectivity index (χ4n) is 3.71. The summed E-state index contributed by atoms with van der Waals surface area (Å²) in [6, 6.07) is 7.15. The van der Waals surface area contributed by atoms with Crippen LogP contribution in [0.2, 0.25) is 0 Å². The van der Waals surface area contributed by atoms with Gasteiger partial charge in [-0.05, 0) is 49.9 Å². The number of hydrogen-bond acceptors (Lipinski definition) is 5. The van der Waals surface area contributed by atoms with Crippen LogP contribution in [0.25, 0.3) is 0 Å². The molecular weight excluding hydrogens is 307 g/mol. The summed E-state index contributed by atoms with van der Waals surface area (Å²) < 4.78 is 18.4. The third-order valence-electron chi connectivity index (χ3n) is 5.27. The molecule has 2 aliphatic rings. The molecule has 1 aliphatic carbocycles. The molecule has 6 heteroatoms. The van der Waals surface area contributed by atoms with Gasteiger partial charge in [-0.3, -0.25) is 9.80 Å². The summed E-state index contributed by atoms with van der Waals surface area (Å²) in [5.41, 5.74) is 1.26. The highest BCUT2D eigenvalue weighted by molar-refractivity contribution is 5.26. The van der Waals surface area contributed by atoms with Gasteiger partial charge in [0, 0.05) is 26.2 Å². The fourth-order valence-corrected chi connectivity index (χ4v) is 3.71. The third kappa shape index (κ3) is 3.21. The van der Waals surface area contributed by atoms with Gasteiger partial charge in [-0.1, -0.05) is 17.3 Å². The van der Waals surface area contributed by atoms with E-state index in [2.05, 4.69) is 27.0 Å². The van der Waals surface area contributed by atoms with Gasteiger partial charge in [-0.2, -0.15) is 4.98 Å². The molecule has 0 unspecified atom stereocenters. The summed E-state index contributed by atoms with van der Waals surface area (Å²) in [5, 5.41) is 3.92. The molecule has 1 aromatic carbocycles. The van der Waals surface area contributed by atoms with Crippen LogP contribution < -0.4 is 0 Å². The maximum absolute atomic E-state index is 13.1. The highest BCUT2D eigenvalue weighted by Gasteiger charge is 2.40. The first kappa shape index (κ1) is 15.7. The number of aromatic nitrogens is 2. The molecule has 0 amide bonds. The van der Waals surface area contributed by atoms with Gasteiger partial charge in [0.05, 0.1) is 0 Å². The zero-order valence-corrected chi connectivity index (χ0v) is 14.2. The number of nitrogens with zero attached hydrogens (tertiary/aromatic N) is 4. The number of piperazine rings is 1. The van der Waals surface area contributed by atoms with E-state index in [0.29, 0.717) is 23.6 Å². The summed E-state index contributed by atoms with van der Waals surface area (Å²) >= 11 is 0. The van der Waals surface area contributed by atoms with Gasteiger partial charge in [-0.25, -0.2) is 4.39 Å². The Morgan fingerprint density at radius 3 is 2.75 bits per heavy atom. The largest absolute Gasteiger partial charge is 0.338 e. The molecule has 1 aliphatic heterocycles. The van der Waals surface area contributed by atoms with Crippen molar-refractivity contribution in [1.29, 1.82) is 0 Å². The molecule has 2 aromatic rings. The van der Waals surface area contributed by atoms with Crippen molar-refractivity contribution in [2.24, 2.45) is 5.92 Å². The smallest absolute Gasteiger partial charge is 0.245 e. The van der Waals surface area contributed by atoms with Crippen molar-refractivity contribution in [2.45, 2.75) is 25.3 Å². The van der Waals surface area contributed by atoms with E-state index in [1.165, 1.54) is 12.0 Å². The van der Waals surface area contributed by atoms with Gasteiger partial charge in [0.15, 0.2) is 5.82 Å². The van der Waals surface area contributed by atoms with Crippen LogP contribution in [-0.4, -0.2) is 53.2 Å². The summed E-state index contributed by atoms with van der Waals surface area (Å²) in [6.07, 6.45) is 1.20. The molecule has 1 saturated carbocycles. The van der Waals surface area contributed by atoms with E-state index in [-0.39, 0.29) is 11.9 Å². The van der Waals surface area contributed by atoms with Crippen LogP contribution in [-0.2, 0) is 0 Å². The molecule has 0 spiro atoms. The first-order valence-electron chi connectivity index (χ1n) is 8.58. The number of benzene rings is 1. The number of hydrogen-bond donors (Lipinski definition) is 0. The molecule has 2 heterocycles. The minimum atomic E-state index is -0.160. The van der Waals surface area contributed by atoms with E-state index in [1.807, 2.05) is 19.1 Å². The van der Waals surface area contributed by atoms with Gasteiger partial charge in [0.1, 0.15) is 11.9 Å². The van der Waals surface area contributed by atoms with Crippen LogP contribution in [0.4, 0.5) is 4.39 Å². The minimum absolute atomic E-state index is 0.160. The van der Waals surface area contributed by atoms with Crippen molar-refractivity contribution in [3.63, 3.8) is 0 Å². The summed E-state index contributed by atoms with van der Waals surface area (Å²) in [7, 11) is 2.11. The zero-order chi connectivity index (χ0) is 16.7.